The summed E-state index contributed by atoms with van der Waals surface area (Å²) in [6.45, 7) is 5.81. The van der Waals surface area contributed by atoms with Crippen molar-refractivity contribution >= 4 is 5.91 Å². The Bertz CT molecular complexity index is 261. The van der Waals surface area contributed by atoms with Crippen LogP contribution in [0.5, 0.6) is 0 Å². The summed E-state index contributed by atoms with van der Waals surface area (Å²) in [5, 5.41) is 0. The van der Waals surface area contributed by atoms with Gasteiger partial charge in [-0.25, -0.2) is 0 Å². The van der Waals surface area contributed by atoms with Gasteiger partial charge in [0, 0.05) is 19.1 Å². The number of nitrogens with zero attached hydrogens (tertiary/aromatic N) is 2. The van der Waals surface area contributed by atoms with Crippen LogP contribution in [-0.2, 0) is 4.79 Å². The van der Waals surface area contributed by atoms with E-state index in [1.54, 1.807) is 0 Å². The standard InChI is InChI=1S/C13H27N3O/c1-5-13(14,6-2)12(17)16-9-7-8-11(16)10-15(3)4/h11H,5-10,14H2,1-4H3. The Morgan fingerprint density at radius 1 is 1.41 bits per heavy atom. The first-order valence-electron chi connectivity index (χ1n) is 6.69. The summed E-state index contributed by atoms with van der Waals surface area (Å²) in [4.78, 5) is 16.7. The molecule has 100 valence electrons. The first-order valence-corrected chi connectivity index (χ1v) is 6.69. The fraction of sp³-hybridized carbons (Fsp3) is 0.923. The highest BCUT2D eigenvalue weighted by molar-refractivity contribution is 5.86. The Balaban J connectivity index is 2.73. The summed E-state index contributed by atoms with van der Waals surface area (Å²) in [7, 11) is 4.10. The molecule has 1 atom stereocenters. The molecule has 1 aliphatic rings. The minimum absolute atomic E-state index is 0.145. The van der Waals surface area contributed by atoms with Gasteiger partial charge in [0.2, 0.25) is 5.91 Å². The zero-order chi connectivity index (χ0) is 13.1. The average Bonchev–Trinajstić information content (AvgIpc) is 2.74. The highest BCUT2D eigenvalue weighted by Gasteiger charge is 2.39. The highest BCUT2D eigenvalue weighted by atomic mass is 16.2. The van der Waals surface area contributed by atoms with Crippen LogP contribution in [0.25, 0.3) is 0 Å². The van der Waals surface area contributed by atoms with Crippen molar-refractivity contribution in [3.05, 3.63) is 0 Å². The molecule has 2 N–H and O–H groups in total. The third-order valence-electron chi connectivity index (χ3n) is 3.90. The maximum Gasteiger partial charge on any atom is 0.242 e. The minimum atomic E-state index is -0.658. The lowest BCUT2D eigenvalue weighted by molar-refractivity contribution is -0.138. The molecule has 17 heavy (non-hydrogen) atoms. The quantitative estimate of drug-likeness (QED) is 0.783. The molecule has 1 unspecified atom stereocenters. The van der Waals surface area contributed by atoms with Gasteiger partial charge in [-0.05, 0) is 39.8 Å². The minimum Gasteiger partial charge on any atom is -0.337 e. The summed E-state index contributed by atoms with van der Waals surface area (Å²) < 4.78 is 0. The number of likely N-dealkylation sites (N-methyl/N-ethyl adjacent to an activating group) is 1. The average molecular weight is 241 g/mol. The normalized spacial score (nSPS) is 21.3. The Labute approximate surface area is 105 Å². The van der Waals surface area contributed by atoms with Crippen molar-refractivity contribution in [1.82, 2.24) is 9.80 Å². The summed E-state index contributed by atoms with van der Waals surface area (Å²) in [5.41, 5.74) is 5.55. The molecule has 1 aliphatic heterocycles. The van der Waals surface area contributed by atoms with E-state index in [0.29, 0.717) is 18.9 Å². The Morgan fingerprint density at radius 3 is 2.47 bits per heavy atom. The number of carbonyl (C=O) groups excluding carboxylic acids is 1. The number of carbonyl (C=O) groups is 1. The zero-order valence-corrected chi connectivity index (χ0v) is 11.7. The molecule has 0 bridgehead atoms. The van der Waals surface area contributed by atoms with Crippen molar-refractivity contribution in [2.24, 2.45) is 5.73 Å². The molecule has 1 fully saturated rings. The second kappa shape index (κ2) is 5.83. The van der Waals surface area contributed by atoms with E-state index in [2.05, 4.69) is 19.0 Å². The lowest BCUT2D eigenvalue weighted by Gasteiger charge is -2.35. The van der Waals surface area contributed by atoms with Gasteiger partial charge in [0.1, 0.15) is 0 Å². The van der Waals surface area contributed by atoms with E-state index in [1.807, 2.05) is 18.7 Å². The summed E-state index contributed by atoms with van der Waals surface area (Å²) in [6.07, 6.45) is 3.64. The van der Waals surface area contributed by atoms with E-state index in [1.165, 1.54) is 0 Å². The summed E-state index contributed by atoms with van der Waals surface area (Å²) in [6, 6.07) is 0.346. The fourth-order valence-electron chi connectivity index (χ4n) is 2.55. The molecule has 1 rings (SSSR count). The van der Waals surface area contributed by atoms with E-state index in [9.17, 15) is 4.79 Å². The van der Waals surface area contributed by atoms with E-state index < -0.39 is 5.54 Å². The van der Waals surface area contributed by atoms with Crippen LogP contribution in [0.3, 0.4) is 0 Å². The number of rotatable bonds is 5. The van der Waals surface area contributed by atoms with Crippen molar-refractivity contribution in [3.63, 3.8) is 0 Å². The number of likely N-dealkylation sites (tertiary alicyclic amines) is 1. The molecule has 0 aromatic rings. The van der Waals surface area contributed by atoms with Gasteiger partial charge >= 0.3 is 0 Å². The molecule has 0 saturated carbocycles. The highest BCUT2D eigenvalue weighted by Crippen LogP contribution is 2.24. The number of amides is 1. The molecule has 0 aromatic carbocycles. The van der Waals surface area contributed by atoms with Gasteiger partial charge in [0.25, 0.3) is 0 Å². The van der Waals surface area contributed by atoms with Crippen LogP contribution in [0, 0.1) is 0 Å². The van der Waals surface area contributed by atoms with E-state index in [4.69, 9.17) is 5.73 Å². The van der Waals surface area contributed by atoms with Crippen LogP contribution < -0.4 is 5.73 Å². The molecule has 1 saturated heterocycles. The van der Waals surface area contributed by atoms with Crippen molar-refractivity contribution < 1.29 is 4.79 Å². The third kappa shape index (κ3) is 3.19. The summed E-state index contributed by atoms with van der Waals surface area (Å²) >= 11 is 0. The molecule has 0 radical (unpaired) electrons. The molecule has 1 heterocycles. The largest absolute Gasteiger partial charge is 0.337 e. The van der Waals surface area contributed by atoms with Gasteiger partial charge in [-0.2, -0.15) is 0 Å². The Hall–Kier alpha value is -0.610. The first-order chi connectivity index (χ1) is 7.94. The van der Waals surface area contributed by atoms with Crippen molar-refractivity contribution in [2.75, 3.05) is 27.2 Å². The second-order valence-electron chi connectivity index (χ2n) is 5.42. The van der Waals surface area contributed by atoms with E-state index >= 15 is 0 Å². The van der Waals surface area contributed by atoms with E-state index in [0.717, 1.165) is 25.9 Å². The van der Waals surface area contributed by atoms with Crippen LogP contribution >= 0.6 is 0 Å². The van der Waals surface area contributed by atoms with Crippen molar-refractivity contribution in [3.8, 4) is 0 Å². The zero-order valence-electron chi connectivity index (χ0n) is 11.7. The van der Waals surface area contributed by atoms with Gasteiger partial charge in [-0.3, -0.25) is 4.79 Å². The van der Waals surface area contributed by atoms with Crippen LogP contribution in [0.4, 0.5) is 0 Å². The van der Waals surface area contributed by atoms with Crippen LogP contribution in [0.2, 0.25) is 0 Å². The molecule has 0 spiro atoms. The van der Waals surface area contributed by atoms with Crippen LogP contribution in [-0.4, -0.2) is 54.5 Å². The lowest BCUT2D eigenvalue weighted by Crippen LogP contribution is -2.56. The maximum absolute atomic E-state index is 12.5. The monoisotopic (exact) mass is 241 g/mol. The van der Waals surface area contributed by atoms with Crippen LogP contribution in [0.15, 0.2) is 0 Å². The summed E-state index contributed by atoms with van der Waals surface area (Å²) in [5.74, 6) is 0.145. The predicted molar refractivity (Wildman–Crippen MR) is 70.8 cm³/mol. The maximum atomic E-state index is 12.5. The second-order valence-corrected chi connectivity index (χ2v) is 5.42. The van der Waals surface area contributed by atoms with Gasteiger partial charge in [-0.1, -0.05) is 13.8 Å². The molecule has 4 heteroatoms. The molecular formula is C13H27N3O. The topological polar surface area (TPSA) is 49.6 Å². The van der Waals surface area contributed by atoms with Crippen LogP contribution in [0.1, 0.15) is 39.5 Å². The lowest BCUT2D eigenvalue weighted by atomic mass is 9.92. The predicted octanol–water partition coefficient (Wildman–Crippen LogP) is 1.06. The van der Waals surface area contributed by atoms with E-state index in [-0.39, 0.29) is 5.91 Å². The number of hydrogen-bond donors (Lipinski definition) is 1. The Kier molecular flexibility index (Phi) is 4.95. The molecule has 4 nitrogen and oxygen atoms in total. The van der Waals surface area contributed by atoms with Gasteiger partial charge in [0.15, 0.2) is 0 Å². The van der Waals surface area contributed by atoms with Gasteiger partial charge < -0.3 is 15.5 Å². The molecule has 1 amide bonds. The van der Waals surface area contributed by atoms with Gasteiger partial charge in [0.05, 0.1) is 5.54 Å². The van der Waals surface area contributed by atoms with Crippen molar-refractivity contribution in [1.29, 1.82) is 0 Å². The molecular weight excluding hydrogens is 214 g/mol. The van der Waals surface area contributed by atoms with Gasteiger partial charge in [-0.15, -0.1) is 0 Å². The van der Waals surface area contributed by atoms with Crippen molar-refractivity contribution in [2.45, 2.75) is 51.1 Å². The molecule has 0 aromatic heterocycles. The number of nitrogens with two attached hydrogens (primary N) is 1. The smallest absolute Gasteiger partial charge is 0.242 e. The first kappa shape index (κ1) is 14.5. The fourth-order valence-corrected chi connectivity index (χ4v) is 2.55. The Morgan fingerprint density at radius 2 is 2.00 bits per heavy atom. The molecule has 0 aliphatic carbocycles. The number of hydrogen-bond acceptors (Lipinski definition) is 3. The SMILES string of the molecule is CCC(N)(CC)C(=O)N1CCCC1CN(C)C. The third-order valence-corrected chi connectivity index (χ3v) is 3.90.